The van der Waals surface area contributed by atoms with Crippen LogP contribution in [0.1, 0.15) is 50.7 Å². The van der Waals surface area contributed by atoms with Gasteiger partial charge in [0.2, 0.25) is 5.91 Å². The van der Waals surface area contributed by atoms with Gasteiger partial charge in [0.25, 0.3) is 0 Å². The lowest BCUT2D eigenvalue weighted by atomic mass is 9.87. The third-order valence-electron chi connectivity index (χ3n) is 5.73. The largest absolute Gasteiger partial charge is 0.479 e. The Balaban J connectivity index is 1.61. The number of carboxylic acid groups (broad SMARTS) is 1. The van der Waals surface area contributed by atoms with Gasteiger partial charge in [-0.25, -0.2) is 9.59 Å². The first-order chi connectivity index (χ1) is 16.0. The quantitative estimate of drug-likeness (QED) is 0.448. The molecule has 8 nitrogen and oxygen atoms in total. The van der Waals surface area contributed by atoms with E-state index in [1.54, 1.807) is 0 Å². The second-order valence-electron chi connectivity index (χ2n) is 9.79. The van der Waals surface area contributed by atoms with Gasteiger partial charge in [0.1, 0.15) is 6.61 Å². The molecule has 0 spiro atoms. The number of alkyl carbamates (subject to hydrolysis) is 1. The summed E-state index contributed by atoms with van der Waals surface area (Å²) in [6.07, 6.45) is -1.85. The number of aliphatic carboxylic acids is 1. The molecule has 2 aromatic carbocycles. The van der Waals surface area contributed by atoms with E-state index in [0.717, 1.165) is 22.3 Å². The zero-order valence-electron chi connectivity index (χ0n) is 19.7. The lowest BCUT2D eigenvalue weighted by Crippen LogP contribution is -2.43. The Morgan fingerprint density at radius 1 is 1.00 bits per heavy atom. The number of hydrogen-bond donors (Lipinski definition) is 4. The number of ether oxygens (including phenoxy) is 1. The fraction of sp³-hybridized carbons (Fsp3) is 0.423. The standard InChI is InChI=1S/C26H32N2O6/c1-26(2,3)13-16(12-23(30)27-14-22(29)24(31)32)28-25(33)34-15-21-19-10-6-4-8-17(19)18-9-5-7-11-20(18)21/h4-11,16,21-22,29H,12-15H2,1-3H3,(H,27,30)(H,28,33)(H,31,32). The molecule has 0 fully saturated rings. The number of carbonyl (C=O) groups excluding carboxylic acids is 2. The summed E-state index contributed by atoms with van der Waals surface area (Å²) in [6.45, 7) is 5.74. The van der Waals surface area contributed by atoms with Crippen molar-refractivity contribution in [3.05, 3.63) is 59.7 Å². The van der Waals surface area contributed by atoms with Gasteiger partial charge in [0.15, 0.2) is 6.10 Å². The Labute approximate surface area is 199 Å². The monoisotopic (exact) mass is 468 g/mol. The number of benzene rings is 2. The van der Waals surface area contributed by atoms with Crippen LogP contribution in [0.3, 0.4) is 0 Å². The molecule has 34 heavy (non-hydrogen) atoms. The topological polar surface area (TPSA) is 125 Å². The van der Waals surface area contributed by atoms with E-state index < -0.39 is 36.7 Å². The van der Waals surface area contributed by atoms with Crippen molar-refractivity contribution in [3.63, 3.8) is 0 Å². The first-order valence-electron chi connectivity index (χ1n) is 11.3. The second-order valence-corrected chi connectivity index (χ2v) is 9.79. The molecule has 0 saturated heterocycles. The minimum absolute atomic E-state index is 0.0617. The van der Waals surface area contributed by atoms with Crippen molar-refractivity contribution >= 4 is 18.0 Å². The van der Waals surface area contributed by atoms with Gasteiger partial charge >= 0.3 is 12.1 Å². The Bertz CT molecular complexity index is 1000. The Hall–Kier alpha value is -3.39. The molecule has 0 aliphatic heterocycles. The number of aliphatic hydroxyl groups excluding tert-OH is 1. The van der Waals surface area contributed by atoms with E-state index >= 15 is 0 Å². The van der Waals surface area contributed by atoms with E-state index in [-0.39, 0.29) is 24.4 Å². The van der Waals surface area contributed by atoms with Crippen LogP contribution in [-0.2, 0) is 14.3 Å². The molecule has 1 aliphatic rings. The lowest BCUT2D eigenvalue weighted by molar-refractivity contribution is -0.146. The number of rotatable bonds is 9. The predicted molar refractivity (Wildman–Crippen MR) is 127 cm³/mol. The molecule has 8 heteroatoms. The van der Waals surface area contributed by atoms with E-state index in [9.17, 15) is 19.5 Å². The van der Waals surface area contributed by atoms with Crippen LogP contribution in [0.25, 0.3) is 11.1 Å². The summed E-state index contributed by atoms with van der Waals surface area (Å²) in [6, 6.07) is 15.6. The van der Waals surface area contributed by atoms with Crippen LogP contribution in [0.4, 0.5) is 4.79 Å². The molecule has 0 radical (unpaired) electrons. The van der Waals surface area contributed by atoms with Gasteiger partial charge < -0.3 is 25.6 Å². The van der Waals surface area contributed by atoms with Gasteiger partial charge in [-0.2, -0.15) is 0 Å². The van der Waals surface area contributed by atoms with Gasteiger partial charge in [0.05, 0.1) is 6.54 Å². The first kappa shape index (κ1) is 25.2. The summed E-state index contributed by atoms with van der Waals surface area (Å²) in [5, 5.41) is 23.3. The van der Waals surface area contributed by atoms with Crippen LogP contribution in [-0.4, -0.2) is 53.5 Å². The first-order valence-corrected chi connectivity index (χ1v) is 11.3. The molecule has 2 atom stereocenters. The summed E-state index contributed by atoms with van der Waals surface area (Å²) in [7, 11) is 0. The van der Waals surface area contributed by atoms with Gasteiger partial charge in [0, 0.05) is 18.4 Å². The van der Waals surface area contributed by atoms with Gasteiger partial charge in [-0.3, -0.25) is 4.79 Å². The highest BCUT2D eigenvalue weighted by atomic mass is 16.5. The summed E-state index contributed by atoms with van der Waals surface area (Å²) >= 11 is 0. The highest BCUT2D eigenvalue weighted by molar-refractivity contribution is 5.80. The molecule has 2 amide bonds. The summed E-state index contributed by atoms with van der Waals surface area (Å²) in [4.78, 5) is 35.7. The van der Waals surface area contributed by atoms with Crippen LogP contribution in [0, 0.1) is 5.41 Å². The number of nitrogens with one attached hydrogen (secondary N) is 2. The number of carbonyl (C=O) groups is 3. The third kappa shape index (κ3) is 6.57. The smallest absolute Gasteiger partial charge is 0.407 e. The van der Waals surface area contributed by atoms with E-state index in [1.165, 1.54) is 0 Å². The molecule has 0 aromatic heterocycles. The van der Waals surface area contributed by atoms with Crippen molar-refractivity contribution in [2.24, 2.45) is 5.41 Å². The average molecular weight is 469 g/mol. The van der Waals surface area contributed by atoms with E-state index in [4.69, 9.17) is 9.84 Å². The Morgan fingerprint density at radius 3 is 2.09 bits per heavy atom. The normalized spacial score (nSPS) is 14.5. The minimum atomic E-state index is -1.68. The van der Waals surface area contributed by atoms with E-state index in [2.05, 4.69) is 22.8 Å². The molecule has 0 heterocycles. The van der Waals surface area contributed by atoms with Crippen LogP contribution in [0.5, 0.6) is 0 Å². The zero-order valence-corrected chi connectivity index (χ0v) is 19.7. The number of hydrogen-bond acceptors (Lipinski definition) is 5. The average Bonchev–Trinajstić information content (AvgIpc) is 3.08. The third-order valence-corrected chi connectivity index (χ3v) is 5.73. The van der Waals surface area contributed by atoms with Gasteiger partial charge in [-0.1, -0.05) is 69.3 Å². The predicted octanol–water partition coefficient (Wildman–Crippen LogP) is 3.28. The number of amides is 2. The maximum atomic E-state index is 12.7. The fourth-order valence-corrected chi connectivity index (χ4v) is 4.31. The Kier molecular flexibility index (Phi) is 7.94. The van der Waals surface area contributed by atoms with Crippen LogP contribution < -0.4 is 10.6 Å². The minimum Gasteiger partial charge on any atom is -0.479 e. The van der Waals surface area contributed by atoms with Gasteiger partial charge in [-0.05, 0) is 34.1 Å². The van der Waals surface area contributed by atoms with Crippen LogP contribution in [0.15, 0.2) is 48.5 Å². The lowest BCUT2D eigenvalue weighted by Gasteiger charge is -2.26. The highest BCUT2D eigenvalue weighted by Crippen LogP contribution is 2.44. The summed E-state index contributed by atoms with van der Waals surface area (Å²) in [5.74, 6) is -1.95. The van der Waals surface area contributed by atoms with Crippen molar-refractivity contribution in [2.45, 2.75) is 51.7 Å². The molecule has 2 aromatic rings. The maximum absolute atomic E-state index is 12.7. The SMILES string of the molecule is CC(C)(C)CC(CC(=O)NCC(O)C(=O)O)NC(=O)OCC1c2ccccc2-c2ccccc21. The molecule has 4 N–H and O–H groups in total. The van der Waals surface area contributed by atoms with Crippen LogP contribution in [0.2, 0.25) is 0 Å². The van der Waals surface area contributed by atoms with Gasteiger partial charge in [-0.15, -0.1) is 0 Å². The van der Waals surface area contributed by atoms with E-state index in [1.807, 2.05) is 57.2 Å². The molecule has 2 unspecified atom stereocenters. The van der Waals surface area contributed by atoms with Crippen molar-refractivity contribution in [3.8, 4) is 11.1 Å². The van der Waals surface area contributed by atoms with Crippen molar-refractivity contribution in [1.29, 1.82) is 0 Å². The van der Waals surface area contributed by atoms with E-state index in [0.29, 0.717) is 6.42 Å². The fourth-order valence-electron chi connectivity index (χ4n) is 4.31. The van der Waals surface area contributed by atoms with Crippen LogP contribution >= 0.6 is 0 Å². The number of fused-ring (bicyclic) bond motifs is 3. The Morgan fingerprint density at radius 2 is 1.56 bits per heavy atom. The van der Waals surface area contributed by atoms with Crippen molar-refractivity contribution < 1.29 is 29.3 Å². The molecular weight excluding hydrogens is 436 g/mol. The van der Waals surface area contributed by atoms with Crippen molar-refractivity contribution in [2.75, 3.05) is 13.2 Å². The second kappa shape index (κ2) is 10.7. The molecule has 1 aliphatic carbocycles. The summed E-state index contributed by atoms with van der Waals surface area (Å²) < 4.78 is 5.60. The molecule has 0 saturated carbocycles. The molecule has 3 rings (SSSR count). The highest BCUT2D eigenvalue weighted by Gasteiger charge is 2.30. The zero-order chi connectivity index (χ0) is 24.9. The summed E-state index contributed by atoms with van der Waals surface area (Å²) in [5.41, 5.74) is 4.32. The number of aliphatic hydroxyl groups is 1. The van der Waals surface area contributed by atoms with Crippen molar-refractivity contribution in [1.82, 2.24) is 10.6 Å². The molecule has 182 valence electrons. The molecular formula is C26H32N2O6. The maximum Gasteiger partial charge on any atom is 0.407 e. The molecule has 0 bridgehead atoms. The number of carboxylic acids is 1.